The van der Waals surface area contributed by atoms with Gasteiger partial charge in [-0.15, -0.1) is 6.58 Å². The molecule has 2 rings (SSSR count). The Balaban J connectivity index is 2.74. The molecule has 0 aromatic heterocycles. The second-order valence-corrected chi connectivity index (χ2v) is 6.04. The average Bonchev–Trinajstić information content (AvgIpc) is 2.74. The predicted molar refractivity (Wildman–Crippen MR) is 86.0 cm³/mol. The SMILES string of the molecule is C=CC(C)(C)C1/C(=C/C(C)=O)c2ccccc2N1C(C)=O. The fraction of sp³-hybridized carbons (Fsp3) is 0.333. The van der Waals surface area contributed by atoms with Crippen molar-refractivity contribution in [3.63, 3.8) is 0 Å². The van der Waals surface area contributed by atoms with Crippen molar-refractivity contribution in [3.8, 4) is 0 Å². The van der Waals surface area contributed by atoms with Gasteiger partial charge in [-0.05, 0) is 24.6 Å². The van der Waals surface area contributed by atoms with Crippen LogP contribution in [0.3, 0.4) is 0 Å². The second kappa shape index (κ2) is 5.32. The third-order valence-corrected chi connectivity index (χ3v) is 3.96. The maximum Gasteiger partial charge on any atom is 0.224 e. The number of amides is 1. The van der Waals surface area contributed by atoms with Crippen LogP contribution in [0.4, 0.5) is 5.69 Å². The molecule has 0 saturated carbocycles. The van der Waals surface area contributed by atoms with Crippen molar-refractivity contribution in [1.29, 1.82) is 0 Å². The molecule has 1 aromatic rings. The lowest BCUT2D eigenvalue weighted by Gasteiger charge is -2.36. The van der Waals surface area contributed by atoms with Gasteiger partial charge in [0.2, 0.25) is 5.91 Å². The molecular formula is C18H21NO2. The highest BCUT2D eigenvalue weighted by molar-refractivity contribution is 6.08. The molecule has 21 heavy (non-hydrogen) atoms. The van der Waals surface area contributed by atoms with Crippen LogP contribution < -0.4 is 4.90 Å². The highest BCUT2D eigenvalue weighted by atomic mass is 16.2. The monoisotopic (exact) mass is 283 g/mol. The normalized spacial score (nSPS) is 19.5. The number of fused-ring (bicyclic) bond motifs is 1. The zero-order valence-corrected chi connectivity index (χ0v) is 13.0. The van der Waals surface area contributed by atoms with Gasteiger partial charge in [0.15, 0.2) is 5.78 Å². The summed E-state index contributed by atoms with van der Waals surface area (Å²) in [5.74, 6) is -0.0515. The van der Waals surface area contributed by atoms with Crippen LogP contribution in [-0.2, 0) is 9.59 Å². The Morgan fingerprint density at radius 3 is 2.38 bits per heavy atom. The molecule has 1 atom stereocenters. The van der Waals surface area contributed by atoms with Gasteiger partial charge in [-0.25, -0.2) is 0 Å². The van der Waals surface area contributed by atoms with Gasteiger partial charge in [-0.1, -0.05) is 38.1 Å². The summed E-state index contributed by atoms with van der Waals surface area (Å²) in [6, 6.07) is 7.50. The third-order valence-electron chi connectivity index (χ3n) is 3.96. The van der Waals surface area contributed by atoms with Gasteiger partial charge >= 0.3 is 0 Å². The molecule has 110 valence electrons. The first kappa shape index (κ1) is 15.2. The smallest absolute Gasteiger partial charge is 0.224 e. The minimum atomic E-state index is -0.341. The van der Waals surface area contributed by atoms with Gasteiger partial charge in [-0.2, -0.15) is 0 Å². The number of allylic oxidation sites excluding steroid dienone is 1. The number of benzene rings is 1. The van der Waals surface area contributed by atoms with E-state index in [4.69, 9.17) is 0 Å². The molecular weight excluding hydrogens is 262 g/mol. The summed E-state index contributed by atoms with van der Waals surface area (Å²) in [6.45, 7) is 11.0. The summed E-state index contributed by atoms with van der Waals surface area (Å²) in [5, 5.41) is 0. The first-order valence-corrected chi connectivity index (χ1v) is 7.04. The van der Waals surface area contributed by atoms with Gasteiger partial charge < -0.3 is 4.90 Å². The summed E-state index contributed by atoms with van der Waals surface area (Å²) in [6.07, 6.45) is 3.48. The van der Waals surface area contributed by atoms with Crippen LogP contribution in [0.2, 0.25) is 0 Å². The zero-order valence-electron chi connectivity index (χ0n) is 13.0. The van der Waals surface area contributed by atoms with E-state index in [0.717, 1.165) is 16.8 Å². The number of ketones is 1. The van der Waals surface area contributed by atoms with Crippen LogP contribution >= 0.6 is 0 Å². The van der Waals surface area contributed by atoms with Crippen molar-refractivity contribution in [2.75, 3.05) is 4.90 Å². The first-order chi connectivity index (χ1) is 9.79. The molecule has 1 aliphatic heterocycles. The van der Waals surface area contributed by atoms with Crippen molar-refractivity contribution in [1.82, 2.24) is 0 Å². The Kier molecular flexibility index (Phi) is 3.86. The van der Waals surface area contributed by atoms with Gasteiger partial charge in [-0.3, -0.25) is 9.59 Å². The fourth-order valence-electron chi connectivity index (χ4n) is 2.93. The number of carbonyl (C=O) groups is 2. The van der Waals surface area contributed by atoms with Gasteiger partial charge in [0.1, 0.15) is 0 Å². The molecule has 0 bridgehead atoms. The Morgan fingerprint density at radius 1 is 1.24 bits per heavy atom. The summed E-state index contributed by atoms with van der Waals surface area (Å²) >= 11 is 0. The quantitative estimate of drug-likeness (QED) is 0.628. The van der Waals surface area contributed by atoms with Crippen molar-refractivity contribution in [2.45, 2.75) is 33.7 Å². The molecule has 0 fully saturated rings. The van der Waals surface area contributed by atoms with E-state index in [1.807, 2.05) is 44.2 Å². The summed E-state index contributed by atoms with van der Waals surface area (Å²) in [5.41, 5.74) is 2.35. The third kappa shape index (κ3) is 2.56. The summed E-state index contributed by atoms with van der Waals surface area (Å²) in [7, 11) is 0. The van der Waals surface area contributed by atoms with E-state index in [0.29, 0.717) is 0 Å². The van der Waals surface area contributed by atoms with Crippen LogP contribution in [0.1, 0.15) is 33.3 Å². The first-order valence-electron chi connectivity index (χ1n) is 7.04. The molecule has 0 radical (unpaired) electrons. The number of rotatable bonds is 3. The van der Waals surface area contributed by atoms with Crippen molar-refractivity contribution in [2.24, 2.45) is 5.41 Å². The maximum atomic E-state index is 12.2. The topological polar surface area (TPSA) is 37.4 Å². The lowest BCUT2D eigenvalue weighted by atomic mass is 9.79. The average molecular weight is 283 g/mol. The van der Waals surface area contributed by atoms with Gasteiger partial charge in [0, 0.05) is 17.9 Å². The highest BCUT2D eigenvalue weighted by Crippen LogP contribution is 2.47. The lowest BCUT2D eigenvalue weighted by molar-refractivity contribution is -0.117. The zero-order chi connectivity index (χ0) is 15.8. The number of hydrogen-bond donors (Lipinski definition) is 0. The summed E-state index contributed by atoms with van der Waals surface area (Å²) < 4.78 is 0. The Labute approximate surface area is 126 Å². The van der Waals surface area contributed by atoms with E-state index in [1.54, 1.807) is 17.9 Å². The van der Waals surface area contributed by atoms with E-state index in [-0.39, 0.29) is 23.1 Å². The van der Waals surface area contributed by atoms with Crippen LogP contribution in [0.25, 0.3) is 5.57 Å². The molecule has 3 nitrogen and oxygen atoms in total. The van der Waals surface area contributed by atoms with Gasteiger partial charge in [0.05, 0.1) is 11.7 Å². The van der Waals surface area contributed by atoms with Crippen LogP contribution in [0.5, 0.6) is 0 Å². The number of hydrogen-bond acceptors (Lipinski definition) is 2. The van der Waals surface area contributed by atoms with Crippen LogP contribution in [-0.4, -0.2) is 17.7 Å². The molecule has 1 heterocycles. The molecule has 3 heteroatoms. The molecule has 1 aromatic carbocycles. The van der Waals surface area contributed by atoms with Crippen molar-refractivity contribution < 1.29 is 9.59 Å². The van der Waals surface area contributed by atoms with E-state index < -0.39 is 0 Å². The van der Waals surface area contributed by atoms with Crippen molar-refractivity contribution >= 4 is 23.0 Å². The van der Waals surface area contributed by atoms with E-state index in [1.165, 1.54) is 6.92 Å². The number of anilines is 1. The largest absolute Gasteiger partial charge is 0.304 e. The number of nitrogens with zero attached hydrogens (tertiary/aromatic N) is 1. The standard InChI is InChI=1S/C18H21NO2/c1-6-18(4,5)17-15(11-12(2)20)14-9-7-8-10-16(14)19(17)13(3)21/h6-11,17H,1H2,2-5H3/b15-11+. The summed E-state index contributed by atoms with van der Waals surface area (Å²) in [4.78, 5) is 25.6. The van der Waals surface area contributed by atoms with E-state index in [9.17, 15) is 9.59 Å². The molecule has 0 aliphatic carbocycles. The second-order valence-electron chi connectivity index (χ2n) is 6.04. The van der Waals surface area contributed by atoms with Crippen molar-refractivity contribution in [3.05, 3.63) is 48.6 Å². The predicted octanol–water partition coefficient (Wildman–Crippen LogP) is 3.61. The lowest BCUT2D eigenvalue weighted by Crippen LogP contribution is -2.44. The maximum absolute atomic E-state index is 12.2. The molecule has 1 aliphatic rings. The Bertz CT molecular complexity index is 640. The molecule has 0 spiro atoms. The van der Waals surface area contributed by atoms with Gasteiger partial charge in [0.25, 0.3) is 0 Å². The fourth-order valence-corrected chi connectivity index (χ4v) is 2.93. The molecule has 0 N–H and O–H groups in total. The minimum Gasteiger partial charge on any atom is -0.304 e. The van der Waals surface area contributed by atoms with E-state index >= 15 is 0 Å². The molecule has 1 unspecified atom stereocenters. The minimum absolute atomic E-state index is 0.0185. The molecule has 1 amide bonds. The van der Waals surface area contributed by atoms with Crippen LogP contribution in [0, 0.1) is 5.41 Å². The molecule has 0 saturated heterocycles. The number of carbonyl (C=O) groups excluding carboxylic acids is 2. The van der Waals surface area contributed by atoms with E-state index in [2.05, 4.69) is 6.58 Å². The van der Waals surface area contributed by atoms with Crippen LogP contribution in [0.15, 0.2) is 43.0 Å². The highest BCUT2D eigenvalue weighted by Gasteiger charge is 2.43. The Hall–Kier alpha value is -2.16. The Morgan fingerprint density at radius 2 is 1.86 bits per heavy atom. The number of para-hydroxylation sites is 1.